The van der Waals surface area contributed by atoms with Crippen LogP contribution < -0.4 is 20.1 Å². The molecule has 1 aromatic rings. The van der Waals surface area contributed by atoms with Gasteiger partial charge < -0.3 is 24.8 Å². The second-order valence-electron chi connectivity index (χ2n) is 7.14. The van der Waals surface area contributed by atoms with Crippen molar-refractivity contribution in [2.75, 3.05) is 33.0 Å². The lowest BCUT2D eigenvalue weighted by atomic mass is 10.1. The molecule has 154 valence electrons. The van der Waals surface area contributed by atoms with Crippen LogP contribution >= 0.6 is 15.9 Å². The summed E-state index contributed by atoms with van der Waals surface area (Å²) in [4.78, 5) is 12.0. The third-order valence-corrected chi connectivity index (χ3v) is 4.19. The van der Waals surface area contributed by atoms with Crippen LogP contribution in [0.15, 0.2) is 16.6 Å². The van der Waals surface area contributed by atoms with Crippen molar-refractivity contribution in [2.24, 2.45) is 0 Å². The summed E-state index contributed by atoms with van der Waals surface area (Å²) in [6.07, 6.45) is 0.966. The number of carbonyl (C=O) groups is 1. The first-order chi connectivity index (χ1) is 12.8. The molecule has 1 aromatic carbocycles. The molecule has 1 rings (SSSR count). The predicted octanol–water partition coefficient (Wildman–Crippen LogP) is 3.66. The van der Waals surface area contributed by atoms with Crippen molar-refractivity contribution in [3.8, 4) is 11.5 Å². The Morgan fingerprint density at radius 3 is 2.44 bits per heavy atom. The monoisotopic (exact) mass is 444 g/mol. The van der Waals surface area contributed by atoms with Gasteiger partial charge in [0.05, 0.1) is 6.61 Å². The van der Waals surface area contributed by atoms with E-state index in [1.807, 2.05) is 46.8 Å². The highest BCUT2D eigenvalue weighted by Gasteiger charge is 2.16. The van der Waals surface area contributed by atoms with Crippen LogP contribution in [0, 0.1) is 0 Å². The Hall–Kier alpha value is -1.31. The molecule has 2 N–H and O–H groups in total. The molecule has 0 spiro atoms. The fraction of sp³-hybridized carbons (Fsp3) is 0.650. The maximum Gasteiger partial charge on any atom is 0.258 e. The van der Waals surface area contributed by atoms with Crippen LogP contribution in [0.5, 0.6) is 11.5 Å². The number of amides is 1. The Labute approximate surface area is 171 Å². The normalized spacial score (nSPS) is 11.3. The average Bonchev–Trinajstić information content (AvgIpc) is 2.57. The third kappa shape index (κ3) is 9.98. The molecule has 0 aliphatic carbocycles. The van der Waals surface area contributed by atoms with Crippen molar-refractivity contribution < 1.29 is 19.0 Å². The number of benzene rings is 1. The third-order valence-electron chi connectivity index (χ3n) is 3.45. The van der Waals surface area contributed by atoms with Crippen LogP contribution in [-0.4, -0.2) is 44.4 Å². The van der Waals surface area contributed by atoms with Gasteiger partial charge in [-0.25, -0.2) is 0 Å². The minimum atomic E-state index is -0.290. The number of hydrogen-bond acceptors (Lipinski definition) is 5. The van der Waals surface area contributed by atoms with E-state index in [9.17, 15) is 4.79 Å². The molecule has 0 saturated heterocycles. The summed E-state index contributed by atoms with van der Waals surface area (Å²) in [6.45, 7) is 13.3. The van der Waals surface area contributed by atoms with Gasteiger partial charge in [-0.05, 0) is 65.3 Å². The molecule has 0 fully saturated rings. The van der Waals surface area contributed by atoms with E-state index in [0.29, 0.717) is 24.7 Å². The second-order valence-corrected chi connectivity index (χ2v) is 7.99. The summed E-state index contributed by atoms with van der Waals surface area (Å²) in [5.74, 6) is 1.02. The fourth-order valence-corrected chi connectivity index (χ4v) is 2.82. The van der Waals surface area contributed by atoms with E-state index in [1.165, 1.54) is 0 Å². The smallest absolute Gasteiger partial charge is 0.258 e. The van der Waals surface area contributed by atoms with Gasteiger partial charge in [-0.2, -0.15) is 0 Å². The van der Waals surface area contributed by atoms with Crippen LogP contribution in [0.2, 0.25) is 0 Å². The first kappa shape index (κ1) is 23.7. The maximum absolute atomic E-state index is 12.0. The summed E-state index contributed by atoms with van der Waals surface area (Å²) in [7, 11) is 0. The van der Waals surface area contributed by atoms with Gasteiger partial charge in [-0.3, -0.25) is 4.79 Å². The van der Waals surface area contributed by atoms with Crippen LogP contribution in [0.1, 0.15) is 46.6 Å². The van der Waals surface area contributed by atoms with Crippen molar-refractivity contribution in [3.05, 3.63) is 22.2 Å². The summed E-state index contributed by atoms with van der Waals surface area (Å²) in [6, 6.07) is 3.80. The zero-order valence-electron chi connectivity index (χ0n) is 17.1. The predicted molar refractivity (Wildman–Crippen MR) is 112 cm³/mol. The van der Waals surface area contributed by atoms with Gasteiger partial charge in [0.15, 0.2) is 18.1 Å². The van der Waals surface area contributed by atoms with E-state index in [1.54, 1.807) is 0 Å². The summed E-state index contributed by atoms with van der Waals surface area (Å²) in [5, 5.41) is 6.27. The van der Waals surface area contributed by atoms with Crippen molar-refractivity contribution >= 4 is 21.8 Å². The molecule has 0 atom stereocenters. The van der Waals surface area contributed by atoms with Gasteiger partial charge in [-0.1, -0.05) is 15.9 Å². The fourth-order valence-electron chi connectivity index (χ4n) is 2.36. The molecule has 0 aliphatic rings. The van der Waals surface area contributed by atoms with Crippen LogP contribution in [0.3, 0.4) is 0 Å². The number of halogens is 1. The van der Waals surface area contributed by atoms with E-state index < -0.39 is 0 Å². The molecule has 0 radical (unpaired) electrons. The molecule has 0 saturated carbocycles. The van der Waals surface area contributed by atoms with Crippen molar-refractivity contribution in [1.82, 2.24) is 10.6 Å². The van der Waals surface area contributed by atoms with Gasteiger partial charge in [0.2, 0.25) is 0 Å². The lowest BCUT2D eigenvalue weighted by Crippen LogP contribution is -2.43. The number of carbonyl (C=O) groups excluding carboxylic acids is 1. The van der Waals surface area contributed by atoms with Crippen molar-refractivity contribution in [3.63, 3.8) is 0 Å². The molecular weight excluding hydrogens is 412 g/mol. The van der Waals surface area contributed by atoms with E-state index in [2.05, 4.69) is 26.6 Å². The number of rotatable bonds is 12. The van der Waals surface area contributed by atoms with Gasteiger partial charge >= 0.3 is 0 Å². The highest BCUT2D eigenvalue weighted by Crippen LogP contribution is 2.34. The molecule has 0 unspecified atom stereocenters. The van der Waals surface area contributed by atoms with Gasteiger partial charge in [0, 0.05) is 29.8 Å². The Morgan fingerprint density at radius 2 is 1.81 bits per heavy atom. The largest absolute Gasteiger partial charge is 0.490 e. The molecular formula is C20H33BrN2O4. The zero-order chi connectivity index (χ0) is 20.3. The van der Waals surface area contributed by atoms with Crippen LogP contribution in [-0.2, 0) is 16.1 Å². The first-order valence-electron chi connectivity index (χ1n) is 9.44. The number of nitrogens with one attached hydrogen (secondary N) is 2. The molecule has 6 nitrogen and oxygen atoms in total. The Balaban J connectivity index is 2.68. The molecule has 27 heavy (non-hydrogen) atoms. The average molecular weight is 445 g/mol. The minimum absolute atomic E-state index is 0.0567. The Morgan fingerprint density at radius 1 is 1.11 bits per heavy atom. The molecule has 0 bridgehead atoms. The highest BCUT2D eigenvalue weighted by atomic mass is 79.9. The highest BCUT2D eigenvalue weighted by molar-refractivity contribution is 9.10. The maximum atomic E-state index is 12.0. The molecule has 0 aromatic heterocycles. The molecule has 7 heteroatoms. The first-order valence-corrected chi connectivity index (χ1v) is 10.2. The molecule has 0 heterocycles. The minimum Gasteiger partial charge on any atom is -0.490 e. The number of hydrogen-bond donors (Lipinski definition) is 2. The molecule has 1 amide bonds. The SMILES string of the molecule is CCOCCCNCc1cc(OCC)c(OCC(=O)NC(C)(C)C)cc1Br. The van der Waals surface area contributed by atoms with E-state index in [0.717, 1.165) is 36.2 Å². The lowest BCUT2D eigenvalue weighted by molar-refractivity contribution is -0.124. The standard InChI is InChI=1S/C20H33BrN2O4/c1-6-25-10-8-9-22-13-15-11-17(26-7-2)18(12-16(15)21)27-14-19(24)23-20(3,4)5/h11-12,22H,6-10,13-14H2,1-5H3,(H,23,24). The Bertz CT molecular complexity index is 588. The lowest BCUT2D eigenvalue weighted by Gasteiger charge is -2.21. The van der Waals surface area contributed by atoms with Gasteiger partial charge in [0.25, 0.3) is 5.91 Å². The zero-order valence-corrected chi connectivity index (χ0v) is 18.7. The number of ether oxygens (including phenoxy) is 3. The van der Waals surface area contributed by atoms with Crippen molar-refractivity contribution in [2.45, 2.75) is 53.1 Å². The van der Waals surface area contributed by atoms with Crippen molar-refractivity contribution in [1.29, 1.82) is 0 Å². The van der Waals surface area contributed by atoms with E-state index in [4.69, 9.17) is 14.2 Å². The molecule has 0 aliphatic heterocycles. The Kier molecular flexibility index (Phi) is 10.7. The second kappa shape index (κ2) is 12.2. The summed E-state index contributed by atoms with van der Waals surface area (Å²) >= 11 is 3.58. The topological polar surface area (TPSA) is 68.8 Å². The van der Waals surface area contributed by atoms with E-state index in [-0.39, 0.29) is 18.1 Å². The summed E-state index contributed by atoms with van der Waals surface area (Å²) < 4.78 is 17.6. The summed E-state index contributed by atoms with van der Waals surface area (Å²) in [5.41, 5.74) is 0.780. The van der Waals surface area contributed by atoms with Crippen LogP contribution in [0.4, 0.5) is 0 Å². The van der Waals surface area contributed by atoms with Gasteiger partial charge in [0.1, 0.15) is 0 Å². The van der Waals surface area contributed by atoms with Crippen LogP contribution in [0.25, 0.3) is 0 Å². The van der Waals surface area contributed by atoms with E-state index >= 15 is 0 Å². The van der Waals surface area contributed by atoms with Gasteiger partial charge in [-0.15, -0.1) is 0 Å². The quantitative estimate of drug-likeness (QED) is 0.481.